The Morgan fingerprint density at radius 2 is 2.11 bits per heavy atom. The molecule has 0 aliphatic heterocycles. The lowest BCUT2D eigenvalue weighted by Crippen LogP contribution is -2.29. The fourth-order valence-electron chi connectivity index (χ4n) is 2.97. The largest absolute Gasteiger partial charge is 0.390 e. The first-order valence-corrected chi connectivity index (χ1v) is 7.25. The van der Waals surface area contributed by atoms with E-state index in [9.17, 15) is 5.11 Å². The fourth-order valence-corrected chi connectivity index (χ4v) is 2.97. The van der Waals surface area contributed by atoms with E-state index < -0.39 is 5.60 Å². The third kappa shape index (κ3) is 2.66. The lowest BCUT2D eigenvalue weighted by Gasteiger charge is -2.23. The summed E-state index contributed by atoms with van der Waals surface area (Å²) in [6.07, 6.45) is 4.10. The van der Waals surface area contributed by atoms with Gasteiger partial charge < -0.3 is 9.67 Å². The van der Waals surface area contributed by atoms with E-state index in [-0.39, 0.29) is 0 Å². The molecule has 1 fully saturated rings. The van der Waals surface area contributed by atoms with E-state index in [0.717, 1.165) is 30.2 Å². The number of aromatic nitrogens is 2. The number of nitrogens with zero attached hydrogens (tertiary/aromatic N) is 2. The molecule has 1 aromatic carbocycles. The van der Waals surface area contributed by atoms with Gasteiger partial charge in [0.25, 0.3) is 0 Å². The molecule has 2 aromatic rings. The Morgan fingerprint density at radius 3 is 2.79 bits per heavy atom. The van der Waals surface area contributed by atoms with Gasteiger partial charge in [-0.15, -0.1) is 0 Å². The summed E-state index contributed by atoms with van der Waals surface area (Å²) in [5.41, 5.74) is 1.57. The highest BCUT2D eigenvalue weighted by molar-refractivity contribution is 5.75. The van der Waals surface area contributed by atoms with Crippen LogP contribution in [0.1, 0.15) is 38.9 Å². The molecule has 0 radical (unpaired) electrons. The van der Waals surface area contributed by atoms with Crippen molar-refractivity contribution < 1.29 is 5.11 Å². The Balaban J connectivity index is 1.90. The Morgan fingerprint density at radius 1 is 1.37 bits per heavy atom. The van der Waals surface area contributed by atoms with Gasteiger partial charge in [0.2, 0.25) is 0 Å². The number of fused-ring (bicyclic) bond motifs is 1. The van der Waals surface area contributed by atoms with Gasteiger partial charge in [0.05, 0.1) is 16.6 Å². The molecule has 1 aliphatic rings. The molecule has 1 atom stereocenters. The molecule has 19 heavy (non-hydrogen) atoms. The quantitative estimate of drug-likeness (QED) is 0.894. The highest BCUT2D eigenvalue weighted by atomic mass is 16.3. The molecule has 102 valence electrons. The predicted molar refractivity (Wildman–Crippen MR) is 77.1 cm³/mol. The van der Waals surface area contributed by atoms with Crippen LogP contribution in [0.5, 0.6) is 0 Å². The van der Waals surface area contributed by atoms with Crippen molar-refractivity contribution in [3.8, 4) is 0 Å². The number of rotatable bonds is 5. The molecular weight excluding hydrogens is 236 g/mol. The van der Waals surface area contributed by atoms with Gasteiger partial charge in [-0.3, -0.25) is 0 Å². The first-order chi connectivity index (χ1) is 9.09. The third-order valence-electron chi connectivity index (χ3n) is 4.01. The van der Waals surface area contributed by atoms with E-state index in [1.807, 2.05) is 25.1 Å². The van der Waals surface area contributed by atoms with Gasteiger partial charge in [-0.2, -0.15) is 0 Å². The highest BCUT2D eigenvalue weighted by Crippen LogP contribution is 2.37. The highest BCUT2D eigenvalue weighted by Gasteiger charge is 2.33. The van der Waals surface area contributed by atoms with E-state index in [4.69, 9.17) is 4.98 Å². The predicted octanol–water partition coefficient (Wildman–Crippen LogP) is 3.15. The van der Waals surface area contributed by atoms with Crippen LogP contribution >= 0.6 is 0 Å². The number of hydrogen-bond acceptors (Lipinski definition) is 2. The molecular formula is C16H22N2O. The van der Waals surface area contributed by atoms with E-state index in [2.05, 4.69) is 17.6 Å². The van der Waals surface area contributed by atoms with Crippen LogP contribution in [0.4, 0.5) is 0 Å². The number of aryl methyl sites for hydroxylation is 1. The Kier molecular flexibility index (Phi) is 3.09. The van der Waals surface area contributed by atoms with Crippen molar-refractivity contribution in [1.82, 2.24) is 9.55 Å². The van der Waals surface area contributed by atoms with Crippen LogP contribution in [0.15, 0.2) is 24.3 Å². The number of para-hydroxylation sites is 2. The number of benzene rings is 1. The molecule has 3 heteroatoms. The second-order valence-electron chi connectivity index (χ2n) is 6.08. The molecule has 0 amide bonds. The Bertz CT molecular complexity index is 581. The van der Waals surface area contributed by atoms with Crippen LogP contribution < -0.4 is 0 Å². The topological polar surface area (TPSA) is 38.0 Å². The molecule has 1 heterocycles. The van der Waals surface area contributed by atoms with Gasteiger partial charge in [0.1, 0.15) is 5.82 Å². The Hall–Kier alpha value is -1.35. The van der Waals surface area contributed by atoms with Gasteiger partial charge in [-0.25, -0.2) is 4.98 Å². The van der Waals surface area contributed by atoms with E-state index in [1.165, 1.54) is 18.4 Å². The minimum absolute atomic E-state index is 0.630. The van der Waals surface area contributed by atoms with Crippen LogP contribution in [0, 0.1) is 5.92 Å². The average Bonchev–Trinajstić information content (AvgIpc) is 3.08. The lowest BCUT2D eigenvalue weighted by molar-refractivity contribution is 0.0429. The molecule has 0 saturated heterocycles. The summed E-state index contributed by atoms with van der Waals surface area (Å²) < 4.78 is 2.22. The monoisotopic (exact) mass is 258 g/mol. The van der Waals surface area contributed by atoms with Crippen molar-refractivity contribution in [1.29, 1.82) is 0 Å². The molecule has 1 saturated carbocycles. The van der Waals surface area contributed by atoms with Crippen molar-refractivity contribution in [3.05, 3.63) is 30.1 Å². The minimum atomic E-state index is -0.630. The van der Waals surface area contributed by atoms with Gasteiger partial charge in [-0.1, -0.05) is 25.0 Å². The third-order valence-corrected chi connectivity index (χ3v) is 4.01. The minimum Gasteiger partial charge on any atom is -0.390 e. The Labute approximate surface area is 114 Å². The number of hydrogen-bond donors (Lipinski definition) is 1. The summed E-state index contributed by atoms with van der Waals surface area (Å²) in [5, 5.41) is 10.6. The van der Waals surface area contributed by atoms with E-state index in [1.54, 1.807) is 0 Å². The fraction of sp³-hybridized carbons (Fsp3) is 0.562. The smallest absolute Gasteiger partial charge is 0.112 e. The molecule has 1 unspecified atom stereocenters. The molecule has 3 rings (SSSR count). The van der Waals surface area contributed by atoms with E-state index >= 15 is 0 Å². The maximum Gasteiger partial charge on any atom is 0.112 e. The second kappa shape index (κ2) is 4.64. The van der Waals surface area contributed by atoms with Crippen LogP contribution in [-0.4, -0.2) is 20.3 Å². The second-order valence-corrected chi connectivity index (χ2v) is 6.08. The van der Waals surface area contributed by atoms with Crippen molar-refractivity contribution in [2.24, 2.45) is 5.92 Å². The summed E-state index contributed by atoms with van der Waals surface area (Å²) in [6.45, 7) is 4.98. The zero-order valence-corrected chi connectivity index (χ0v) is 11.8. The standard InChI is InChI=1S/C16H22N2O/c1-3-18-14-7-5-4-6-13(14)17-15(18)11-16(2,19)10-12-8-9-12/h4-7,12,19H,3,8-11H2,1-2H3. The summed E-state index contributed by atoms with van der Waals surface area (Å²) in [7, 11) is 0. The molecule has 0 bridgehead atoms. The van der Waals surface area contributed by atoms with Gasteiger partial charge in [-0.05, 0) is 38.3 Å². The first kappa shape index (κ1) is 12.7. The SMILES string of the molecule is CCn1c(CC(C)(O)CC2CC2)nc2ccccc21. The molecule has 1 aromatic heterocycles. The van der Waals surface area contributed by atoms with Crippen molar-refractivity contribution >= 4 is 11.0 Å². The zero-order chi connectivity index (χ0) is 13.5. The molecule has 1 N–H and O–H groups in total. The van der Waals surface area contributed by atoms with Crippen LogP contribution in [0.2, 0.25) is 0 Å². The maximum atomic E-state index is 10.6. The first-order valence-electron chi connectivity index (χ1n) is 7.25. The van der Waals surface area contributed by atoms with Crippen molar-refractivity contribution in [2.45, 2.75) is 51.7 Å². The van der Waals surface area contributed by atoms with E-state index in [0.29, 0.717) is 6.42 Å². The summed E-state index contributed by atoms with van der Waals surface area (Å²) in [5.74, 6) is 1.74. The summed E-state index contributed by atoms with van der Waals surface area (Å²) in [6, 6.07) is 8.20. The number of imidazole rings is 1. The van der Waals surface area contributed by atoms with Crippen LogP contribution in [0.25, 0.3) is 11.0 Å². The maximum absolute atomic E-state index is 10.6. The normalized spacial score (nSPS) is 18.7. The van der Waals surface area contributed by atoms with Gasteiger partial charge in [0.15, 0.2) is 0 Å². The lowest BCUT2D eigenvalue weighted by atomic mass is 9.95. The molecule has 0 spiro atoms. The number of aliphatic hydroxyl groups is 1. The average molecular weight is 258 g/mol. The summed E-state index contributed by atoms with van der Waals surface area (Å²) in [4.78, 5) is 4.70. The molecule has 3 nitrogen and oxygen atoms in total. The van der Waals surface area contributed by atoms with Gasteiger partial charge in [0, 0.05) is 13.0 Å². The molecule has 1 aliphatic carbocycles. The van der Waals surface area contributed by atoms with Crippen molar-refractivity contribution in [3.63, 3.8) is 0 Å². The van der Waals surface area contributed by atoms with Crippen molar-refractivity contribution in [2.75, 3.05) is 0 Å². The zero-order valence-electron chi connectivity index (χ0n) is 11.8. The van der Waals surface area contributed by atoms with Crippen LogP contribution in [0.3, 0.4) is 0 Å². The van der Waals surface area contributed by atoms with Gasteiger partial charge >= 0.3 is 0 Å². The van der Waals surface area contributed by atoms with Crippen LogP contribution in [-0.2, 0) is 13.0 Å². The summed E-state index contributed by atoms with van der Waals surface area (Å²) >= 11 is 0.